The summed E-state index contributed by atoms with van der Waals surface area (Å²) in [5.41, 5.74) is -0.0459. The van der Waals surface area contributed by atoms with E-state index >= 15 is 8.78 Å². The maximum atomic E-state index is 15.5. The molecular formula is C26H32F2N2O5Si. The molecule has 36 heavy (non-hydrogen) atoms. The number of halogens is 2. The molecule has 0 saturated carbocycles. The number of aliphatic hydroxyl groups is 1. The monoisotopic (exact) mass is 518 g/mol. The van der Waals surface area contributed by atoms with Crippen LogP contribution in [-0.4, -0.2) is 61.4 Å². The standard InChI is InChI=1S/C26H32F2N2O5Si/c1-5-33-24(32)21-16-23(30-29-21)35-22(17-31)26(27,28)18-34-36(25(2,3)4,19-12-8-6-9-13-19)20-14-10-7-11-15-20/h6-16,22,31H,5,17-18H2,1-4H3,(H,29,30). The van der Waals surface area contributed by atoms with Crippen LogP contribution in [0.1, 0.15) is 38.2 Å². The maximum absolute atomic E-state index is 15.5. The Morgan fingerprint density at radius 1 is 1.06 bits per heavy atom. The highest BCUT2D eigenvalue weighted by molar-refractivity contribution is 6.99. The van der Waals surface area contributed by atoms with Gasteiger partial charge in [-0.1, -0.05) is 81.4 Å². The van der Waals surface area contributed by atoms with Crippen molar-refractivity contribution in [2.45, 2.75) is 44.8 Å². The molecule has 1 atom stereocenters. The summed E-state index contributed by atoms with van der Waals surface area (Å²) in [6, 6.07) is 20.0. The molecule has 2 aromatic carbocycles. The molecule has 0 spiro atoms. The van der Waals surface area contributed by atoms with Gasteiger partial charge in [-0.25, -0.2) is 4.79 Å². The van der Waals surface area contributed by atoms with Crippen LogP contribution in [0, 0.1) is 0 Å². The molecule has 3 aromatic rings. The first-order valence-corrected chi connectivity index (χ1v) is 13.6. The van der Waals surface area contributed by atoms with Crippen LogP contribution in [0.4, 0.5) is 8.78 Å². The SMILES string of the molecule is CCOC(=O)c1cc(OC(CO)C(F)(F)CO[Si](c2ccccc2)(c2ccccc2)C(C)(C)C)n[nH]1. The predicted octanol–water partition coefficient (Wildman–Crippen LogP) is 3.54. The fourth-order valence-corrected chi connectivity index (χ4v) is 8.70. The quantitative estimate of drug-likeness (QED) is 0.298. The number of H-pyrrole nitrogens is 1. The lowest BCUT2D eigenvalue weighted by Gasteiger charge is -2.44. The number of carbonyl (C=O) groups is 1. The first kappa shape index (κ1) is 27.5. The van der Waals surface area contributed by atoms with Crippen molar-refractivity contribution in [2.75, 3.05) is 19.8 Å². The number of aliphatic hydroxyl groups excluding tert-OH is 1. The molecule has 0 radical (unpaired) electrons. The summed E-state index contributed by atoms with van der Waals surface area (Å²) in [4.78, 5) is 11.8. The van der Waals surface area contributed by atoms with Gasteiger partial charge in [-0.05, 0) is 22.3 Å². The average molecular weight is 519 g/mol. The number of ether oxygens (including phenoxy) is 2. The number of hydrogen-bond donors (Lipinski definition) is 2. The van der Waals surface area contributed by atoms with E-state index in [-0.39, 0.29) is 18.2 Å². The molecule has 7 nitrogen and oxygen atoms in total. The van der Waals surface area contributed by atoms with Crippen LogP contribution in [0.25, 0.3) is 0 Å². The fraction of sp³-hybridized carbons (Fsp3) is 0.385. The number of esters is 1. The van der Waals surface area contributed by atoms with Crippen LogP contribution in [-0.2, 0) is 9.16 Å². The van der Waals surface area contributed by atoms with Crippen molar-refractivity contribution in [2.24, 2.45) is 0 Å². The molecule has 1 heterocycles. The summed E-state index contributed by atoms with van der Waals surface area (Å²) in [7, 11) is -3.23. The number of nitrogens with one attached hydrogen (secondary N) is 1. The number of alkyl halides is 2. The van der Waals surface area contributed by atoms with Crippen molar-refractivity contribution in [3.05, 3.63) is 72.4 Å². The lowest BCUT2D eigenvalue weighted by Crippen LogP contribution is -2.67. The second-order valence-corrected chi connectivity index (χ2v) is 13.6. The molecule has 0 amide bonds. The van der Waals surface area contributed by atoms with Crippen LogP contribution in [0.2, 0.25) is 5.04 Å². The van der Waals surface area contributed by atoms with Crippen LogP contribution in [0.3, 0.4) is 0 Å². The number of benzene rings is 2. The van der Waals surface area contributed by atoms with Crippen molar-refractivity contribution >= 4 is 24.7 Å². The van der Waals surface area contributed by atoms with E-state index in [1.54, 1.807) is 6.92 Å². The third-order valence-corrected chi connectivity index (χ3v) is 10.8. The van der Waals surface area contributed by atoms with Crippen LogP contribution in [0.15, 0.2) is 66.7 Å². The Hall–Kier alpha value is -3.08. The van der Waals surface area contributed by atoms with Gasteiger partial charge >= 0.3 is 11.9 Å². The molecular weight excluding hydrogens is 486 g/mol. The number of aromatic amines is 1. The smallest absolute Gasteiger partial charge is 0.356 e. The second-order valence-electron chi connectivity index (χ2n) is 9.34. The Bertz CT molecular complexity index is 1080. The summed E-state index contributed by atoms with van der Waals surface area (Å²) < 4.78 is 47.4. The third-order valence-electron chi connectivity index (χ3n) is 5.85. The lowest BCUT2D eigenvalue weighted by atomic mass is 10.2. The van der Waals surface area contributed by atoms with E-state index in [0.717, 1.165) is 16.4 Å². The first-order valence-electron chi connectivity index (χ1n) is 11.7. The highest BCUT2D eigenvalue weighted by Gasteiger charge is 2.53. The van der Waals surface area contributed by atoms with Gasteiger partial charge in [0.1, 0.15) is 12.3 Å². The van der Waals surface area contributed by atoms with E-state index in [2.05, 4.69) is 10.2 Å². The van der Waals surface area contributed by atoms with Crippen molar-refractivity contribution in [3.8, 4) is 5.88 Å². The summed E-state index contributed by atoms with van der Waals surface area (Å²) in [5.74, 6) is -4.53. The Morgan fingerprint density at radius 2 is 1.61 bits per heavy atom. The van der Waals surface area contributed by atoms with Gasteiger partial charge in [0.2, 0.25) is 5.88 Å². The predicted molar refractivity (Wildman–Crippen MR) is 135 cm³/mol. The van der Waals surface area contributed by atoms with Crippen molar-refractivity contribution in [1.82, 2.24) is 10.2 Å². The fourth-order valence-electron chi connectivity index (χ4n) is 4.14. The molecule has 0 aliphatic carbocycles. The molecule has 2 N–H and O–H groups in total. The Balaban J connectivity index is 1.90. The number of hydrogen-bond acceptors (Lipinski definition) is 6. The molecule has 0 fully saturated rings. The van der Waals surface area contributed by atoms with Gasteiger partial charge in [-0.3, -0.25) is 5.10 Å². The minimum atomic E-state index is -3.58. The number of rotatable bonds is 11. The molecule has 3 rings (SSSR count). The molecule has 0 aliphatic rings. The summed E-state index contributed by atoms with van der Waals surface area (Å²) in [6.45, 7) is 5.76. The maximum Gasteiger partial charge on any atom is 0.356 e. The molecule has 0 saturated heterocycles. The van der Waals surface area contributed by atoms with Gasteiger partial charge in [0.25, 0.3) is 8.32 Å². The second kappa shape index (κ2) is 11.3. The topological polar surface area (TPSA) is 93.7 Å². The van der Waals surface area contributed by atoms with Crippen molar-refractivity contribution in [1.29, 1.82) is 0 Å². The van der Waals surface area contributed by atoms with E-state index in [9.17, 15) is 9.90 Å². The molecule has 1 unspecified atom stereocenters. The minimum Gasteiger partial charge on any atom is -0.464 e. The third kappa shape index (κ3) is 5.83. The average Bonchev–Trinajstić information content (AvgIpc) is 3.32. The number of carbonyl (C=O) groups excluding carboxylic acids is 1. The molecule has 0 aliphatic heterocycles. The molecule has 10 heteroatoms. The number of nitrogens with zero attached hydrogens (tertiary/aromatic N) is 1. The highest BCUT2D eigenvalue weighted by Crippen LogP contribution is 2.38. The van der Waals surface area contributed by atoms with Crippen LogP contribution < -0.4 is 15.1 Å². The zero-order chi connectivity index (χ0) is 26.4. The Kier molecular flexibility index (Phi) is 8.65. The van der Waals surface area contributed by atoms with Gasteiger partial charge in [0.15, 0.2) is 6.10 Å². The van der Waals surface area contributed by atoms with Crippen molar-refractivity contribution in [3.63, 3.8) is 0 Å². The van der Waals surface area contributed by atoms with E-state index in [0.29, 0.717) is 0 Å². The molecule has 1 aromatic heterocycles. The van der Waals surface area contributed by atoms with Gasteiger partial charge in [0.05, 0.1) is 13.2 Å². The zero-order valence-electron chi connectivity index (χ0n) is 20.8. The summed E-state index contributed by atoms with van der Waals surface area (Å²) in [6.07, 6.45) is -1.95. The summed E-state index contributed by atoms with van der Waals surface area (Å²) >= 11 is 0. The number of aromatic nitrogens is 2. The molecule has 0 bridgehead atoms. The van der Waals surface area contributed by atoms with E-state index in [1.807, 2.05) is 81.4 Å². The highest BCUT2D eigenvalue weighted by atomic mass is 28.4. The van der Waals surface area contributed by atoms with Crippen LogP contribution >= 0.6 is 0 Å². The summed E-state index contributed by atoms with van der Waals surface area (Å²) in [5, 5.41) is 17.1. The van der Waals surface area contributed by atoms with E-state index in [4.69, 9.17) is 13.9 Å². The Morgan fingerprint density at radius 3 is 2.08 bits per heavy atom. The van der Waals surface area contributed by atoms with Crippen molar-refractivity contribution < 1.29 is 32.6 Å². The minimum absolute atomic E-state index is 0.0459. The van der Waals surface area contributed by atoms with Gasteiger partial charge in [0, 0.05) is 6.07 Å². The van der Waals surface area contributed by atoms with Gasteiger partial charge in [-0.15, -0.1) is 5.10 Å². The lowest BCUT2D eigenvalue weighted by molar-refractivity contribution is -0.136. The van der Waals surface area contributed by atoms with E-state index in [1.165, 1.54) is 0 Å². The van der Waals surface area contributed by atoms with Gasteiger partial charge < -0.3 is 19.0 Å². The zero-order valence-corrected chi connectivity index (χ0v) is 21.8. The van der Waals surface area contributed by atoms with E-state index < -0.39 is 44.6 Å². The van der Waals surface area contributed by atoms with Gasteiger partial charge in [-0.2, -0.15) is 8.78 Å². The largest absolute Gasteiger partial charge is 0.464 e. The first-order chi connectivity index (χ1) is 17.0. The normalized spacial score (nSPS) is 13.3. The van der Waals surface area contributed by atoms with Crippen LogP contribution in [0.5, 0.6) is 5.88 Å². The molecule has 194 valence electrons. The Labute approximate surface area is 210 Å².